The summed E-state index contributed by atoms with van der Waals surface area (Å²) in [6, 6.07) is 6.66. The van der Waals surface area contributed by atoms with Crippen LogP contribution in [-0.4, -0.2) is 48.3 Å². The third-order valence-corrected chi connectivity index (χ3v) is 7.80. The van der Waals surface area contributed by atoms with Gasteiger partial charge in [-0.05, 0) is 44.7 Å². The smallest absolute Gasteiger partial charge is 0.243 e. The number of carbonyl (C=O) groups excluding carboxylic acids is 4. The van der Waals surface area contributed by atoms with E-state index in [0.717, 1.165) is 31.2 Å². The number of rotatable bonds is 26. The molecule has 0 fully saturated rings. The monoisotopic (exact) mass is 601 g/mol. The average Bonchev–Trinajstić information content (AvgIpc) is 2.99. The minimum Gasteiger partial charge on any atom is -0.368 e. The molecule has 0 unspecified atom stereocenters. The third-order valence-electron chi connectivity index (χ3n) is 7.80. The summed E-state index contributed by atoms with van der Waals surface area (Å²) in [5.41, 5.74) is 12.0. The topological polar surface area (TPSA) is 156 Å². The molecule has 0 saturated heterocycles. The molecule has 244 valence electrons. The lowest BCUT2D eigenvalue weighted by Gasteiger charge is -2.23. The van der Waals surface area contributed by atoms with Gasteiger partial charge in [0, 0.05) is 12.8 Å². The SMILES string of the molecule is CCCCCCCCCCCCCCCC(=O)N[C@@H](CCCCN)C(=O)N[C@@H](C)C(=O)N[C@@H](Cc1ccccc1)C(N)=O. The number of hydrogen-bond acceptors (Lipinski definition) is 5. The molecule has 1 aromatic carbocycles. The van der Waals surface area contributed by atoms with E-state index in [9.17, 15) is 19.2 Å². The van der Waals surface area contributed by atoms with E-state index in [1.807, 2.05) is 30.3 Å². The molecule has 0 radical (unpaired) electrons. The van der Waals surface area contributed by atoms with Crippen LogP contribution in [0.15, 0.2) is 30.3 Å². The van der Waals surface area contributed by atoms with Crippen molar-refractivity contribution in [2.75, 3.05) is 6.54 Å². The van der Waals surface area contributed by atoms with Gasteiger partial charge in [-0.25, -0.2) is 0 Å². The minimum absolute atomic E-state index is 0.162. The van der Waals surface area contributed by atoms with Crippen LogP contribution in [0.1, 0.15) is 129 Å². The van der Waals surface area contributed by atoms with E-state index in [-0.39, 0.29) is 12.3 Å². The molecule has 3 atom stereocenters. The second-order valence-corrected chi connectivity index (χ2v) is 11.8. The van der Waals surface area contributed by atoms with Crippen molar-refractivity contribution in [2.24, 2.45) is 11.5 Å². The molecule has 0 aliphatic heterocycles. The van der Waals surface area contributed by atoms with Crippen LogP contribution in [0, 0.1) is 0 Å². The molecule has 9 heteroatoms. The first-order chi connectivity index (χ1) is 20.8. The lowest BCUT2D eigenvalue weighted by Crippen LogP contribution is -2.55. The van der Waals surface area contributed by atoms with E-state index < -0.39 is 35.8 Å². The Bertz CT molecular complexity index is 911. The largest absolute Gasteiger partial charge is 0.368 e. The number of unbranched alkanes of at least 4 members (excludes halogenated alkanes) is 13. The fourth-order valence-electron chi connectivity index (χ4n) is 5.08. The number of carbonyl (C=O) groups is 4. The summed E-state index contributed by atoms with van der Waals surface area (Å²) in [7, 11) is 0. The molecule has 0 aliphatic carbocycles. The Morgan fingerprint density at radius 3 is 1.77 bits per heavy atom. The van der Waals surface area contributed by atoms with Crippen LogP contribution in [0.2, 0.25) is 0 Å². The first-order valence-electron chi connectivity index (χ1n) is 16.7. The van der Waals surface area contributed by atoms with Crippen LogP contribution >= 0.6 is 0 Å². The van der Waals surface area contributed by atoms with E-state index in [2.05, 4.69) is 22.9 Å². The highest BCUT2D eigenvalue weighted by molar-refractivity contribution is 5.93. The van der Waals surface area contributed by atoms with Crippen LogP contribution in [-0.2, 0) is 25.6 Å². The van der Waals surface area contributed by atoms with Gasteiger partial charge in [-0.2, -0.15) is 0 Å². The van der Waals surface area contributed by atoms with Crippen LogP contribution in [0.25, 0.3) is 0 Å². The summed E-state index contributed by atoms with van der Waals surface area (Å²) in [6.07, 6.45) is 18.5. The lowest BCUT2D eigenvalue weighted by molar-refractivity contribution is -0.133. The zero-order chi connectivity index (χ0) is 31.7. The molecule has 0 bridgehead atoms. The van der Waals surface area contributed by atoms with E-state index in [0.29, 0.717) is 25.8 Å². The highest BCUT2D eigenvalue weighted by Gasteiger charge is 2.26. The Kier molecular flexibility index (Phi) is 21.7. The fraction of sp³-hybridized carbons (Fsp3) is 0.706. The molecule has 4 amide bonds. The predicted octanol–water partition coefficient (Wildman–Crippen LogP) is 4.80. The van der Waals surface area contributed by atoms with Gasteiger partial charge in [0.1, 0.15) is 18.1 Å². The van der Waals surface area contributed by atoms with Gasteiger partial charge in [0.2, 0.25) is 23.6 Å². The average molecular weight is 602 g/mol. The summed E-state index contributed by atoms with van der Waals surface area (Å²) in [6.45, 7) is 4.29. The van der Waals surface area contributed by atoms with E-state index in [1.54, 1.807) is 6.92 Å². The van der Waals surface area contributed by atoms with Crippen LogP contribution in [0.3, 0.4) is 0 Å². The predicted molar refractivity (Wildman–Crippen MR) is 174 cm³/mol. The number of benzene rings is 1. The van der Waals surface area contributed by atoms with Gasteiger partial charge in [0.15, 0.2) is 0 Å². The first kappa shape index (κ1) is 38.1. The summed E-state index contributed by atoms with van der Waals surface area (Å²) in [5, 5.41) is 8.18. The Balaban J connectivity index is 2.41. The molecular formula is C34H59N5O4. The van der Waals surface area contributed by atoms with Crippen LogP contribution in [0.4, 0.5) is 0 Å². The molecule has 0 spiro atoms. The Morgan fingerprint density at radius 1 is 0.674 bits per heavy atom. The number of hydrogen-bond donors (Lipinski definition) is 5. The molecule has 0 aromatic heterocycles. The highest BCUT2D eigenvalue weighted by atomic mass is 16.2. The van der Waals surface area contributed by atoms with Crippen molar-refractivity contribution in [2.45, 2.75) is 148 Å². The van der Waals surface area contributed by atoms with Gasteiger partial charge in [0.25, 0.3) is 0 Å². The lowest BCUT2D eigenvalue weighted by atomic mass is 10.0. The van der Waals surface area contributed by atoms with E-state index >= 15 is 0 Å². The summed E-state index contributed by atoms with van der Waals surface area (Å²) in [5.74, 6) is -1.77. The van der Waals surface area contributed by atoms with Crippen molar-refractivity contribution >= 4 is 23.6 Å². The number of nitrogens with two attached hydrogens (primary N) is 2. The Morgan fingerprint density at radius 2 is 1.23 bits per heavy atom. The zero-order valence-electron chi connectivity index (χ0n) is 26.8. The first-order valence-corrected chi connectivity index (χ1v) is 16.7. The molecule has 43 heavy (non-hydrogen) atoms. The number of amides is 4. The molecule has 1 rings (SSSR count). The highest BCUT2D eigenvalue weighted by Crippen LogP contribution is 2.13. The van der Waals surface area contributed by atoms with Crippen molar-refractivity contribution in [3.63, 3.8) is 0 Å². The van der Waals surface area contributed by atoms with Crippen LogP contribution in [0.5, 0.6) is 0 Å². The van der Waals surface area contributed by atoms with Crippen molar-refractivity contribution in [1.29, 1.82) is 0 Å². The van der Waals surface area contributed by atoms with E-state index in [1.165, 1.54) is 64.2 Å². The maximum Gasteiger partial charge on any atom is 0.243 e. The molecule has 9 nitrogen and oxygen atoms in total. The van der Waals surface area contributed by atoms with E-state index in [4.69, 9.17) is 11.5 Å². The van der Waals surface area contributed by atoms with Gasteiger partial charge in [-0.3, -0.25) is 19.2 Å². The molecular weight excluding hydrogens is 542 g/mol. The molecule has 1 aromatic rings. The maximum absolute atomic E-state index is 13.1. The molecule has 7 N–H and O–H groups in total. The second kappa shape index (κ2) is 24.5. The molecule has 0 heterocycles. The van der Waals surface area contributed by atoms with Gasteiger partial charge in [-0.1, -0.05) is 114 Å². The molecule has 0 saturated carbocycles. The van der Waals surface area contributed by atoms with Gasteiger partial charge >= 0.3 is 0 Å². The van der Waals surface area contributed by atoms with Crippen LogP contribution < -0.4 is 27.4 Å². The fourth-order valence-corrected chi connectivity index (χ4v) is 5.08. The number of primary amides is 1. The van der Waals surface area contributed by atoms with Crippen molar-refractivity contribution in [3.05, 3.63) is 35.9 Å². The number of nitrogens with one attached hydrogen (secondary N) is 3. The standard InChI is InChI=1S/C34H59N5O4/c1-3-4-5-6-7-8-9-10-11-12-13-14-18-24-31(40)38-29(23-19-20-25-35)34(43)37-27(2)33(42)39-30(32(36)41)26-28-21-16-15-17-22-28/h15-17,21-22,27,29-30H,3-14,18-20,23-26,35H2,1-2H3,(H2,36,41)(H,37,43)(H,38,40)(H,39,42)/t27-,29-,30-/m0/s1. The van der Waals surface area contributed by atoms with Gasteiger partial charge < -0.3 is 27.4 Å². The van der Waals surface area contributed by atoms with Crippen molar-refractivity contribution in [3.8, 4) is 0 Å². The van der Waals surface area contributed by atoms with Crippen molar-refractivity contribution in [1.82, 2.24) is 16.0 Å². The quantitative estimate of drug-likeness (QED) is 0.0965. The summed E-state index contributed by atoms with van der Waals surface area (Å²) in [4.78, 5) is 50.5. The summed E-state index contributed by atoms with van der Waals surface area (Å²) < 4.78 is 0. The second-order valence-electron chi connectivity index (χ2n) is 11.8. The Labute approximate surface area is 260 Å². The molecule has 0 aliphatic rings. The van der Waals surface area contributed by atoms with Gasteiger partial charge in [-0.15, -0.1) is 0 Å². The Hall–Kier alpha value is -2.94. The normalized spacial score (nSPS) is 13.1. The third kappa shape index (κ3) is 19.1. The maximum atomic E-state index is 13.1. The summed E-state index contributed by atoms with van der Waals surface area (Å²) >= 11 is 0. The zero-order valence-corrected chi connectivity index (χ0v) is 26.8. The minimum atomic E-state index is -0.917. The van der Waals surface area contributed by atoms with Gasteiger partial charge in [0.05, 0.1) is 0 Å². The van der Waals surface area contributed by atoms with Crippen molar-refractivity contribution < 1.29 is 19.2 Å².